The summed E-state index contributed by atoms with van der Waals surface area (Å²) in [6.45, 7) is 10.7. The molecule has 6 nitrogen and oxygen atoms in total. The Kier molecular flexibility index (Phi) is 11.8. The van der Waals surface area contributed by atoms with Crippen LogP contribution in [-0.2, 0) is 17.8 Å². The number of rotatable bonds is 10. The van der Waals surface area contributed by atoms with Crippen LogP contribution >= 0.6 is 24.0 Å². The van der Waals surface area contributed by atoms with Gasteiger partial charge in [-0.25, -0.2) is 4.98 Å². The Balaban J connectivity index is 0.00000442. The molecule has 0 aliphatic carbocycles. The van der Waals surface area contributed by atoms with Gasteiger partial charge < -0.3 is 14.4 Å². The van der Waals surface area contributed by atoms with E-state index in [4.69, 9.17) is 21.1 Å². The summed E-state index contributed by atoms with van der Waals surface area (Å²) in [5, 5.41) is 0.456. The fourth-order valence-corrected chi connectivity index (χ4v) is 5.31. The number of pyridine rings is 1. The van der Waals surface area contributed by atoms with Gasteiger partial charge in [-0.3, -0.25) is 9.69 Å². The lowest BCUT2D eigenvalue weighted by molar-refractivity contribution is -0.127. The van der Waals surface area contributed by atoms with E-state index in [-0.39, 0.29) is 18.3 Å². The SMILES string of the molecule is Cc1ccc(CCOc2ccc(Oc3c(C)cc(C=CC(=O)N4CCN(Cc5ccc(C)cc5)CC4)cc3Cl)nc2)cc1.Cl. The number of aryl methyl sites for hydroxylation is 3. The molecule has 0 radical (unpaired) electrons. The lowest BCUT2D eigenvalue weighted by Crippen LogP contribution is -2.47. The zero-order chi connectivity index (χ0) is 30.2. The molecule has 0 saturated carbocycles. The average molecular weight is 633 g/mol. The first-order valence-corrected chi connectivity index (χ1v) is 15.1. The maximum atomic E-state index is 12.9. The summed E-state index contributed by atoms with van der Waals surface area (Å²) in [6.07, 6.45) is 5.91. The number of hydrogen-bond donors (Lipinski definition) is 0. The Hall–Kier alpha value is -3.84. The van der Waals surface area contributed by atoms with Crippen LogP contribution in [0.2, 0.25) is 5.02 Å². The minimum atomic E-state index is 0. The molecule has 230 valence electrons. The first kappa shape index (κ1) is 33.1. The van der Waals surface area contributed by atoms with E-state index >= 15 is 0 Å². The van der Waals surface area contributed by atoms with Gasteiger partial charge in [-0.05, 0) is 67.3 Å². The predicted molar refractivity (Wildman–Crippen MR) is 180 cm³/mol. The molecule has 0 unspecified atom stereocenters. The topological polar surface area (TPSA) is 54.9 Å². The van der Waals surface area contributed by atoms with E-state index < -0.39 is 0 Å². The van der Waals surface area contributed by atoms with Crippen molar-refractivity contribution >= 4 is 36.0 Å². The van der Waals surface area contributed by atoms with Gasteiger partial charge in [0.1, 0.15) is 5.75 Å². The first-order valence-electron chi connectivity index (χ1n) is 14.7. The van der Waals surface area contributed by atoms with Crippen LogP contribution in [0.5, 0.6) is 17.4 Å². The van der Waals surface area contributed by atoms with Crippen LogP contribution in [0.1, 0.15) is 33.4 Å². The monoisotopic (exact) mass is 631 g/mol. The third-order valence-electron chi connectivity index (χ3n) is 7.58. The summed E-state index contributed by atoms with van der Waals surface area (Å²) in [6, 6.07) is 24.5. The molecule has 1 aliphatic rings. The third-order valence-corrected chi connectivity index (χ3v) is 7.86. The summed E-state index contributed by atoms with van der Waals surface area (Å²) in [4.78, 5) is 21.5. The highest BCUT2D eigenvalue weighted by Crippen LogP contribution is 2.34. The van der Waals surface area contributed by atoms with E-state index in [9.17, 15) is 4.79 Å². The summed E-state index contributed by atoms with van der Waals surface area (Å²) in [5.74, 6) is 1.65. The number of hydrogen-bond acceptors (Lipinski definition) is 5. The van der Waals surface area contributed by atoms with Crippen LogP contribution in [0.25, 0.3) is 6.08 Å². The Morgan fingerprint density at radius 3 is 2.16 bits per heavy atom. The molecule has 3 aromatic carbocycles. The largest absolute Gasteiger partial charge is 0.492 e. The van der Waals surface area contributed by atoms with E-state index in [0.29, 0.717) is 42.1 Å². The molecule has 5 rings (SSSR count). The molecular formula is C36H39Cl2N3O3. The van der Waals surface area contributed by atoms with Crippen molar-refractivity contribution in [1.29, 1.82) is 0 Å². The Morgan fingerprint density at radius 1 is 0.886 bits per heavy atom. The van der Waals surface area contributed by atoms with Gasteiger partial charge in [-0.1, -0.05) is 71.3 Å². The van der Waals surface area contributed by atoms with Crippen LogP contribution in [0.3, 0.4) is 0 Å². The Bertz CT molecular complexity index is 1520. The molecule has 2 heterocycles. The van der Waals surface area contributed by atoms with Crippen LogP contribution in [0.4, 0.5) is 0 Å². The number of ether oxygens (including phenoxy) is 2. The van der Waals surface area contributed by atoms with Crippen molar-refractivity contribution in [2.75, 3.05) is 32.8 Å². The zero-order valence-corrected chi connectivity index (χ0v) is 27.0. The van der Waals surface area contributed by atoms with Crippen molar-refractivity contribution in [3.8, 4) is 17.4 Å². The van der Waals surface area contributed by atoms with Gasteiger partial charge in [-0.15, -0.1) is 12.4 Å². The molecule has 0 bridgehead atoms. The maximum absolute atomic E-state index is 12.9. The smallest absolute Gasteiger partial charge is 0.246 e. The molecule has 4 aromatic rings. The Morgan fingerprint density at radius 2 is 1.55 bits per heavy atom. The molecule has 8 heteroatoms. The van der Waals surface area contributed by atoms with E-state index in [1.54, 1.807) is 24.4 Å². The molecular weight excluding hydrogens is 593 g/mol. The lowest BCUT2D eigenvalue weighted by Gasteiger charge is -2.34. The van der Waals surface area contributed by atoms with Crippen LogP contribution in [-0.4, -0.2) is 53.5 Å². The van der Waals surface area contributed by atoms with Gasteiger partial charge in [0, 0.05) is 51.3 Å². The van der Waals surface area contributed by atoms with Crippen molar-refractivity contribution < 1.29 is 14.3 Å². The highest BCUT2D eigenvalue weighted by molar-refractivity contribution is 6.32. The van der Waals surface area contributed by atoms with Gasteiger partial charge >= 0.3 is 0 Å². The van der Waals surface area contributed by atoms with Gasteiger partial charge in [-0.2, -0.15) is 0 Å². The lowest BCUT2D eigenvalue weighted by atomic mass is 10.1. The van der Waals surface area contributed by atoms with Crippen LogP contribution < -0.4 is 9.47 Å². The quantitative estimate of drug-likeness (QED) is 0.167. The molecule has 1 amide bonds. The number of benzene rings is 3. The van der Waals surface area contributed by atoms with Crippen molar-refractivity contribution in [1.82, 2.24) is 14.8 Å². The van der Waals surface area contributed by atoms with Gasteiger partial charge in [0.15, 0.2) is 5.75 Å². The second-order valence-electron chi connectivity index (χ2n) is 11.1. The standard InChI is InChI=1S/C36H38ClN3O3.ClH/c1-26-4-8-29(9-5-26)16-21-42-32-13-14-34(38-24-32)43-36-28(3)22-31(23-33(36)37)12-15-35(41)40-19-17-39(18-20-40)25-30-10-6-27(2)7-11-30;/h4-15,22-24H,16-21,25H2,1-3H3;1H. The molecule has 1 aromatic heterocycles. The second kappa shape index (κ2) is 15.8. The van der Waals surface area contributed by atoms with Crippen molar-refractivity contribution in [2.24, 2.45) is 0 Å². The summed E-state index contributed by atoms with van der Waals surface area (Å²) in [7, 11) is 0. The third kappa shape index (κ3) is 9.33. The van der Waals surface area contributed by atoms with Crippen molar-refractivity contribution in [3.05, 3.63) is 123 Å². The van der Waals surface area contributed by atoms with Crippen molar-refractivity contribution in [2.45, 2.75) is 33.7 Å². The van der Waals surface area contributed by atoms with E-state index in [1.807, 2.05) is 30.0 Å². The van der Waals surface area contributed by atoms with Gasteiger partial charge in [0.2, 0.25) is 11.8 Å². The van der Waals surface area contributed by atoms with Crippen LogP contribution in [0, 0.1) is 20.8 Å². The minimum absolute atomic E-state index is 0. The summed E-state index contributed by atoms with van der Waals surface area (Å²) >= 11 is 6.60. The number of carbonyl (C=O) groups excluding carboxylic acids is 1. The minimum Gasteiger partial charge on any atom is -0.492 e. The number of nitrogens with zero attached hydrogens (tertiary/aromatic N) is 3. The molecule has 1 fully saturated rings. The van der Waals surface area contributed by atoms with Crippen molar-refractivity contribution in [3.63, 3.8) is 0 Å². The number of carbonyl (C=O) groups is 1. The summed E-state index contributed by atoms with van der Waals surface area (Å²) in [5.41, 5.74) is 6.74. The zero-order valence-electron chi connectivity index (χ0n) is 25.5. The predicted octanol–water partition coefficient (Wildman–Crippen LogP) is 7.85. The molecule has 1 aliphatic heterocycles. The normalized spacial score (nSPS) is 13.5. The number of aromatic nitrogens is 1. The fourth-order valence-electron chi connectivity index (χ4n) is 4.99. The van der Waals surface area contributed by atoms with E-state index in [2.05, 4.69) is 72.3 Å². The fraction of sp³-hybridized carbons (Fsp3) is 0.278. The average Bonchev–Trinajstić information content (AvgIpc) is 3.01. The highest BCUT2D eigenvalue weighted by atomic mass is 35.5. The number of amides is 1. The maximum Gasteiger partial charge on any atom is 0.246 e. The Labute approximate surface area is 271 Å². The summed E-state index contributed by atoms with van der Waals surface area (Å²) < 4.78 is 11.9. The second-order valence-corrected chi connectivity index (χ2v) is 11.5. The first-order chi connectivity index (χ1) is 20.8. The number of piperazine rings is 1. The van der Waals surface area contributed by atoms with Crippen LogP contribution in [0.15, 0.2) is 85.1 Å². The molecule has 1 saturated heterocycles. The highest BCUT2D eigenvalue weighted by Gasteiger charge is 2.20. The van der Waals surface area contributed by atoms with Gasteiger partial charge in [0.25, 0.3) is 0 Å². The molecule has 0 atom stereocenters. The van der Waals surface area contributed by atoms with E-state index in [0.717, 1.165) is 37.2 Å². The van der Waals surface area contributed by atoms with Gasteiger partial charge in [0.05, 0.1) is 17.8 Å². The van der Waals surface area contributed by atoms with E-state index in [1.165, 1.54) is 22.3 Å². The molecule has 0 N–H and O–H groups in total. The number of halogens is 2. The molecule has 0 spiro atoms. The molecule has 44 heavy (non-hydrogen) atoms.